The zero-order chi connectivity index (χ0) is 19.4. The highest BCUT2D eigenvalue weighted by atomic mass is 16.4. The number of nitrogens with zero attached hydrogens (tertiary/aromatic N) is 3. The number of pyridine rings is 1. The second-order valence-corrected chi connectivity index (χ2v) is 8.42. The monoisotopic (exact) mass is 368 g/mol. The normalized spacial score (nSPS) is 23.1. The number of hydrogen-bond donors (Lipinski definition) is 1. The van der Waals surface area contributed by atoms with Gasteiger partial charge in [0.2, 0.25) is 11.8 Å². The van der Waals surface area contributed by atoms with Gasteiger partial charge in [0.25, 0.3) is 0 Å². The van der Waals surface area contributed by atoms with Crippen LogP contribution < -0.4 is 5.32 Å². The van der Waals surface area contributed by atoms with Crippen molar-refractivity contribution in [2.75, 3.05) is 6.54 Å². The van der Waals surface area contributed by atoms with Crippen LogP contribution >= 0.6 is 0 Å². The first-order chi connectivity index (χ1) is 12.9. The Hall–Kier alpha value is -2.01. The Kier molecular flexibility index (Phi) is 6.42. The van der Waals surface area contributed by atoms with E-state index in [1.807, 2.05) is 12.1 Å². The first-order valence-corrected chi connectivity index (χ1v) is 10.1. The summed E-state index contributed by atoms with van der Waals surface area (Å²) in [5, 5.41) is 12.1. The molecule has 3 rings (SSSR count). The topological polar surface area (TPSA) is 63.8 Å². The molecule has 0 aromatic carbocycles. The van der Waals surface area contributed by atoms with Crippen molar-refractivity contribution in [1.82, 2.24) is 20.5 Å². The van der Waals surface area contributed by atoms with Crippen molar-refractivity contribution in [2.45, 2.75) is 53.5 Å². The molecule has 0 spiro atoms. The molecule has 2 aromatic rings. The molecule has 0 aliphatic heterocycles. The second kappa shape index (κ2) is 8.79. The van der Waals surface area contributed by atoms with E-state index < -0.39 is 0 Å². The van der Waals surface area contributed by atoms with Crippen molar-refractivity contribution < 1.29 is 4.42 Å². The number of allylic oxidation sites excluding steroid dienone is 1. The van der Waals surface area contributed by atoms with Crippen LogP contribution in [0.4, 0.5) is 0 Å². The van der Waals surface area contributed by atoms with E-state index in [9.17, 15) is 0 Å². The van der Waals surface area contributed by atoms with Crippen LogP contribution in [-0.4, -0.2) is 27.8 Å². The van der Waals surface area contributed by atoms with Crippen molar-refractivity contribution in [1.29, 1.82) is 0 Å². The summed E-state index contributed by atoms with van der Waals surface area (Å²) < 4.78 is 5.93. The van der Waals surface area contributed by atoms with E-state index in [0.717, 1.165) is 24.4 Å². The van der Waals surface area contributed by atoms with Crippen LogP contribution in [0.3, 0.4) is 0 Å². The summed E-state index contributed by atoms with van der Waals surface area (Å²) in [6.07, 6.45) is 7.96. The first-order valence-electron chi connectivity index (χ1n) is 10.1. The van der Waals surface area contributed by atoms with Gasteiger partial charge in [-0.15, -0.1) is 10.2 Å². The van der Waals surface area contributed by atoms with Crippen molar-refractivity contribution >= 4 is 0 Å². The van der Waals surface area contributed by atoms with Crippen LogP contribution in [0.1, 0.15) is 46.9 Å². The summed E-state index contributed by atoms with van der Waals surface area (Å²) in [7, 11) is 0. The maximum absolute atomic E-state index is 5.93. The minimum absolute atomic E-state index is 0.471. The van der Waals surface area contributed by atoms with Crippen molar-refractivity contribution in [2.24, 2.45) is 23.7 Å². The predicted octanol–water partition coefficient (Wildman–Crippen LogP) is 4.53. The highest BCUT2D eigenvalue weighted by molar-refractivity contribution is 5.50. The largest absolute Gasteiger partial charge is 0.421 e. The maximum Gasteiger partial charge on any atom is 0.247 e. The average molecular weight is 369 g/mol. The molecule has 5 nitrogen and oxygen atoms in total. The number of nitrogens with one attached hydrogen (secondary N) is 1. The molecule has 0 saturated carbocycles. The fraction of sp³-hybridized carbons (Fsp3) is 0.591. The molecule has 1 aliphatic carbocycles. The van der Waals surface area contributed by atoms with E-state index in [1.54, 1.807) is 12.4 Å². The van der Waals surface area contributed by atoms with Gasteiger partial charge in [-0.05, 0) is 49.1 Å². The van der Waals surface area contributed by atoms with Gasteiger partial charge in [-0.1, -0.05) is 39.3 Å². The number of rotatable bonds is 7. The smallest absolute Gasteiger partial charge is 0.247 e. The lowest BCUT2D eigenvalue weighted by atomic mass is 9.70. The molecular formula is C22H32N4O. The first kappa shape index (κ1) is 19.7. The zero-order valence-corrected chi connectivity index (χ0v) is 17.1. The molecule has 27 heavy (non-hydrogen) atoms. The lowest BCUT2D eigenvalue weighted by Gasteiger charge is -2.37. The second-order valence-electron chi connectivity index (χ2n) is 8.42. The Labute approximate surface area is 162 Å². The van der Waals surface area contributed by atoms with Crippen LogP contribution in [0.2, 0.25) is 0 Å². The third kappa shape index (κ3) is 5.04. The van der Waals surface area contributed by atoms with Crippen LogP contribution in [0.5, 0.6) is 0 Å². The average Bonchev–Trinajstić information content (AvgIpc) is 3.11. The Morgan fingerprint density at radius 1 is 1.15 bits per heavy atom. The molecule has 0 fully saturated rings. The quantitative estimate of drug-likeness (QED) is 0.728. The molecule has 5 heteroatoms. The SMILES string of the molecule is CC1=CC(CNC(C)C)C(C(C)C)CC1Cc1nnc(-c2ccncc2)o1. The summed E-state index contributed by atoms with van der Waals surface area (Å²) in [4.78, 5) is 4.04. The van der Waals surface area contributed by atoms with Crippen molar-refractivity contribution in [3.05, 3.63) is 42.1 Å². The highest BCUT2D eigenvalue weighted by Crippen LogP contribution is 2.38. The van der Waals surface area contributed by atoms with Crippen LogP contribution in [0.25, 0.3) is 11.5 Å². The van der Waals surface area contributed by atoms with E-state index in [2.05, 4.69) is 61.2 Å². The van der Waals surface area contributed by atoms with E-state index in [-0.39, 0.29) is 0 Å². The molecule has 2 heterocycles. The minimum atomic E-state index is 0.471. The number of hydrogen-bond acceptors (Lipinski definition) is 5. The fourth-order valence-electron chi connectivity index (χ4n) is 4.04. The Morgan fingerprint density at radius 3 is 2.56 bits per heavy atom. The van der Waals surface area contributed by atoms with Gasteiger partial charge in [-0.2, -0.15) is 0 Å². The van der Waals surface area contributed by atoms with Crippen molar-refractivity contribution in [3.8, 4) is 11.5 Å². The molecule has 2 aromatic heterocycles. The highest BCUT2D eigenvalue weighted by Gasteiger charge is 2.32. The molecule has 0 saturated heterocycles. The van der Waals surface area contributed by atoms with Gasteiger partial charge >= 0.3 is 0 Å². The van der Waals surface area contributed by atoms with Gasteiger partial charge in [-0.25, -0.2) is 0 Å². The van der Waals surface area contributed by atoms with Gasteiger partial charge in [0, 0.05) is 37.0 Å². The molecule has 0 radical (unpaired) electrons. The minimum Gasteiger partial charge on any atom is -0.421 e. The molecule has 0 bridgehead atoms. The summed E-state index contributed by atoms with van der Waals surface area (Å²) in [5.74, 6) is 3.70. The predicted molar refractivity (Wildman–Crippen MR) is 108 cm³/mol. The van der Waals surface area contributed by atoms with Gasteiger partial charge < -0.3 is 9.73 Å². The molecule has 1 N–H and O–H groups in total. The standard InChI is InChI=1S/C22H32N4O/c1-14(2)20-11-18(16(5)10-19(20)13-24-15(3)4)12-21-25-26-22(27-21)17-6-8-23-9-7-17/h6-10,14-15,18-20,24H,11-13H2,1-5H3. The third-order valence-electron chi connectivity index (χ3n) is 5.66. The summed E-state index contributed by atoms with van der Waals surface area (Å²) >= 11 is 0. The van der Waals surface area contributed by atoms with E-state index in [4.69, 9.17) is 4.42 Å². The van der Waals surface area contributed by atoms with Gasteiger partial charge in [0.15, 0.2) is 0 Å². The molecular weight excluding hydrogens is 336 g/mol. The zero-order valence-electron chi connectivity index (χ0n) is 17.1. The summed E-state index contributed by atoms with van der Waals surface area (Å²) in [6, 6.07) is 4.31. The summed E-state index contributed by atoms with van der Waals surface area (Å²) in [6.45, 7) is 12.4. The molecule has 3 unspecified atom stereocenters. The van der Waals surface area contributed by atoms with Crippen LogP contribution in [0, 0.1) is 23.7 Å². The Balaban J connectivity index is 1.71. The Morgan fingerprint density at radius 2 is 1.89 bits per heavy atom. The van der Waals surface area contributed by atoms with Crippen LogP contribution in [0.15, 0.2) is 40.6 Å². The van der Waals surface area contributed by atoms with Crippen LogP contribution in [-0.2, 0) is 6.42 Å². The molecule has 1 aliphatic rings. The lowest BCUT2D eigenvalue weighted by molar-refractivity contribution is 0.216. The number of aromatic nitrogens is 3. The van der Waals surface area contributed by atoms with Gasteiger partial charge in [-0.3, -0.25) is 4.98 Å². The molecule has 0 amide bonds. The maximum atomic E-state index is 5.93. The molecule has 146 valence electrons. The van der Waals surface area contributed by atoms with E-state index in [1.165, 1.54) is 12.0 Å². The Bertz CT molecular complexity index is 751. The van der Waals surface area contributed by atoms with Crippen molar-refractivity contribution in [3.63, 3.8) is 0 Å². The van der Waals surface area contributed by atoms with Gasteiger partial charge in [0.05, 0.1) is 0 Å². The van der Waals surface area contributed by atoms with E-state index in [0.29, 0.717) is 35.6 Å². The van der Waals surface area contributed by atoms with E-state index >= 15 is 0 Å². The third-order valence-corrected chi connectivity index (χ3v) is 5.66. The fourth-order valence-corrected chi connectivity index (χ4v) is 4.04. The molecule has 3 atom stereocenters. The lowest BCUT2D eigenvalue weighted by Crippen LogP contribution is -2.37. The van der Waals surface area contributed by atoms with Gasteiger partial charge in [0.1, 0.15) is 0 Å². The summed E-state index contributed by atoms with van der Waals surface area (Å²) in [5.41, 5.74) is 2.37.